The summed E-state index contributed by atoms with van der Waals surface area (Å²) in [7, 11) is -2.97. The van der Waals surface area contributed by atoms with Crippen LogP contribution in [0.3, 0.4) is 0 Å². The van der Waals surface area contributed by atoms with Crippen LogP contribution in [0.15, 0.2) is 0 Å². The Morgan fingerprint density at radius 3 is 2.62 bits per heavy atom. The summed E-state index contributed by atoms with van der Waals surface area (Å²) in [5.41, 5.74) is 0. The van der Waals surface area contributed by atoms with E-state index in [0.29, 0.717) is 19.7 Å². The Bertz CT molecular complexity index is 284. The van der Waals surface area contributed by atoms with Gasteiger partial charge in [-0.1, -0.05) is 0 Å². The van der Waals surface area contributed by atoms with Gasteiger partial charge in [-0.05, 0) is 19.8 Å². The van der Waals surface area contributed by atoms with Crippen LogP contribution < -0.4 is 0 Å². The number of hydrogen-bond acceptors (Lipinski definition) is 3. The molecule has 2 rings (SSSR count). The molecule has 0 spiro atoms. The van der Waals surface area contributed by atoms with E-state index in [1.807, 2.05) is 6.92 Å². The minimum Gasteiger partial charge on any atom is -0.376 e. The summed E-state index contributed by atoms with van der Waals surface area (Å²) in [6.45, 7) is 3.50. The first-order valence-electron chi connectivity index (χ1n) is 4.71. The first-order valence-corrected chi connectivity index (χ1v) is 6.21. The maximum atomic E-state index is 11.8. The molecule has 1 unspecified atom stereocenters. The second-order valence-electron chi connectivity index (χ2n) is 3.78. The molecule has 1 heterocycles. The molecule has 2 fully saturated rings. The highest BCUT2D eigenvalue weighted by atomic mass is 32.2. The Kier molecular flexibility index (Phi) is 2.33. The number of sulfonamides is 1. The molecule has 0 bridgehead atoms. The molecule has 2 aliphatic rings. The maximum Gasteiger partial charge on any atom is 0.217 e. The van der Waals surface area contributed by atoms with Gasteiger partial charge >= 0.3 is 0 Å². The zero-order valence-corrected chi connectivity index (χ0v) is 8.59. The summed E-state index contributed by atoms with van der Waals surface area (Å²) in [6, 6.07) is 0. The van der Waals surface area contributed by atoms with Crippen molar-refractivity contribution in [2.24, 2.45) is 0 Å². The molecule has 1 saturated heterocycles. The lowest BCUT2D eigenvalue weighted by atomic mass is 10.3. The zero-order chi connectivity index (χ0) is 9.47. The van der Waals surface area contributed by atoms with Crippen LogP contribution in [0.2, 0.25) is 0 Å². The number of morpholine rings is 1. The topological polar surface area (TPSA) is 46.6 Å². The minimum atomic E-state index is -2.97. The highest BCUT2D eigenvalue weighted by molar-refractivity contribution is 7.90. The van der Waals surface area contributed by atoms with Crippen molar-refractivity contribution in [1.29, 1.82) is 0 Å². The van der Waals surface area contributed by atoms with Crippen molar-refractivity contribution in [2.45, 2.75) is 31.1 Å². The van der Waals surface area contributed by atoms with Crippen molar-refractivity contribution in [3.05, 3.63) is 0 Å². The van der Waals surface area contributed by atoms with Crippen LogP contribution in [0.1, 0.15) is 19.8 Å². The highest BCUT2D eigenvalue weighted by Crippen LogP contribution is 2.31. The Labute approximate surface area is 78.9 Å². The molecular weight excluding hydrogens is 190 g/mol. The third kappa shape index (κ3) is 1.87. The summed E-state index contributed by atoms with van der Waals surface area (Å²) in [5.74, 6) is 0. The van der Waals surface area contributed by atoms with Crippen molar-refractivity contribution in [3.63, 3.8) is 0 Å². The molecule has 0 aromatic rings. The Hall–Kier alpha value is -0.130. The molecule has 1 aliphatic carbocycles. The number of nitrogens with zero attached hydrogens (tertiary/aromatic N) is 1. The fraction of sp³-hybridized carbons (Fsp3) is 1.00. The van der Waals surface area contributed by atoms with Gasteiger partial charge in [0.15, 0.2) is 0 Å². The van der Waals surface area contributed by atoms with E-state index in [-0.39, 0.29) is 11.4 Å². The number of rotatable bonds is 2. The van der Waals surface area contributed by atoms with Gasteiger partial charge < -0.3 is 4.74 Å². The van der Waals surface area contributed by atoms with Gasteiger partial charge in [-0.15, -0.1) is 0 Å². The van der Waals surface area contributed by atoms with Crippen molar-refractivity contribution in [1.82, 2.24) is 4.31 Å². The normalized spacial score (nSPS) is 31.9. The van der Waals surface area contributed by atoms with Gasteiger partial charge in [0.25, 0.3) is 0 Å². The average molecular weight is 205 g/mol. The van der Waals surface area contributed by atoms with Crippen LogP contribution in [0.5, 0.6) is 0 Å². The van der Waals surface area contributed by atoms with Gasteiger partial charge in [0.1, 0.15) is 0 Å². The number of hydrogen-bond donors (Lipinski definition) is 0. The maximum absolute atomic E-state index is 11.8. The first-order chi connectivity index (χ1) is 6.10. The van der Waals surface area contributed by atoms with Crippen molar-refractivity contribution in [3.8, 4) is 0 Å². The van der Waals surface area contributed by atoms with Crippen LogP contribution in [-0.4, -0.2) is 43.8 Å². The molecule has 13 heavy (non-hydrogen) atoms. The Balaban J connectivity index is 2.06. The summed E-state index contributed by atoms with van der Waals surface area (Å²) in [4.78, 5) is 0. The lowest BCUT2D eigenvalue weighted by Crippen LogP contribution is -2.45. The smallest absolute Gasteiger partial charge is 0.217 e. The highest BCUT2D eigenvalue weighted by Gasteiger charge is 2.41. The molecule has 4 nitrogen and oxygen atoms in total. The van der Waals surface area contributed by atoms with E-state index in [2.05, 4.69) is 0 Å². The quantitative estimate of drug-likeness (QED) is 0.647. The monoisotopic (exact) mass is 205 g/mol. The average Bonchev–Trinajstić information content (AvgIpc) is 2.86. The van der Waals surface area contributed by atoms with Crippen molar-refractivity contribution in [2.75, 3.05) is 19.7 Å². The third-order valence-electron chi connectivity index (χ3n) is 2.51. The molecule has 5 heteroatoms. The second kappa shape index (κ2) is 3.22. The van der Waals surface area contributed by atoms with E-state index >= 15 is 0 Å². The first kappa shape index (κ1) is 9.43. The summed E-state index contributed by atoms with van der Waals surface area (Å²) in [5, 5.41) is -0.0854. The summed E-state index contributed by atoms with van der Waals surface area (Å²) in [6.07, 6.45) is 1.73. The molecule has 1 atom stereocenters. The fourth-order valence-corrected chi connectivity index (χ4v) is 3.49. The molecular formula is C8H15NO3S. The van der Waals surface area contributed by atoms with Crippen LogP contribution in [0.4, 0.5) is 0 Å². The van der Waals surface area contributed by atoms with Gasteiger partial charge in [0.2, 0.25) is 10.0 Å². The zero-order valence-electron chi connectivity index (χ0n) is 7.77. The van der Waals surface area contributed by atoms with Crippen LogP contribution >= 0.6 is 0 Å². The van der Waals surface area contributed by atoms with Crippen LogP contribution in [0.25, 0.3) is 0 Å². The van der Waals surface area contributed by atoms with Gasteiger partial charge in [-0.3, -0.25) is 0 Å². The lowest BCUT2D eigenvalue weighted by Gasteiger charge is -2.30. The van der Waals surface area contributed by atoms with Gasteiger partial charge in [-0.2, -0.15) is 4.31 Å². The predicted molar refractivity (Wildman–Crippen MR) is 48.9 cm³/mol. The van der Waals surface area contributed by atoms with Gasteiger partial charge in [0, 0.05) is 13.1 Å². The van der Waals surface area contributed by atoms with E-state index < -0.39 is 10.0 Å². The van der Waals surface area contributed by atoms with Crippen molar-refractivity contribution < 1.29 is 13.2 Å². The second-order valence-corrected chi connectivity index (χ2v) is 6.00. The van der Waals surface area contributed by atoms with E-state index in [1.165, 1.54) is 0 Å². The third-order valence-corrected chi connectivity index (χ3v) is 4.87. The minimum absolute atomic E-state index is 0.0438. The van der Waals surface area contributed by atoms with Gasteiger partial charge in [-0.25, -0.2) is 8.42 Å². The lowest BCUT2D eigenvalue weighted by molar-refractivity contribution is 0.0101. The Morgan fingerprint density at radius 2 is 2.08 bits per heavy atom. The molecule has 1 saturated carbocycles. The van der Waals surface area contributed by atoms with E-state index in [1.54, 1.807) is 4.31 Å². The van der Waals surface area contributed by atoms with E-state index in [4.69, 9.17) is 4.74 Å². The summed E-state index contributed by atoms with van der Waals surface area (Å²) >= 11 is 0. The Morgan fingerprint density at radius 1 is 1.38 bits per heavy atom. The van der Waals surface area contributed by atoms with E-state index in [0.717, 1.165) is 12.8 Å². The molecule has 0 aromatic carbocycles. The molecule has 76 valence electrons. The largest absolute Gasteiger partial charge is 0.376 e. The molecule has 1 aliphatic heterocycles. The molecule has 0 N–H and O–H groups in total. The molecule has 0 amide bonds. The predicted octanol–water partition coefficient (Wildman–Crippen LogP) is 0.199. The van der Waals surface area contributed by atoms with Crippen molar-refractivity contribution >= 4 is 10.0 Å². The van der Waals surface area contributed by atoms with Crippen LogP contribution in [-0.2, 0) is 14.8 Å². The summed E-state index contributed by atoms with van der Waals surface area (Å²) < 4.78 is 30.4. The molecule has 0 radical (unpaired) electrons. The number of ether oxygens (including phenoxy) is 1. The van der Waals surface area contributed by atoms with Crippen LogP contribution in [0, 0.1) is 0 Å². The molecule has 0 aromatic heterocycles. The van der Waals surface area contributed by atoms with Gasteiger partial charge in [0.05, 0.1) is 18.0 Å². The fourth-order valence-electron chi connectivity index (χ4n) is 1.59. The SMILES string of the molecule is CC1CN(S(=O)(=O)C2CC2)CCO1. The standard InChI is InChI=1S/C8H15NO3S/c1-7-6-9(4-5-12-7)13(10,11)8-2-3-8/h7-8H,2-6H2,1H3. The van der Waals surface area contributed by atoms with E-state index in [9.17, 15) is 8.42 Å².